The molecule has 3 N–H and O–H groups in total. The SMILES string of the molecule is C[C@H](N)c1ccc2ccccc2c1OCCCCCO. The predicted molar refractivity (Wildman–Crippen MR) is 83.0 cm³/mol. The fraction of sp³-hybridized carbons (Fsp3) is 0.412. The van der Waals surface area contributed by atoms with Gasteiger partial charge < -0.3 is 15.6 Å². The summed E-state index contributed by atoms with van der Waals surface area (Å²) in [5.74, 6) is 0.905. The first-order chi connectivity index (χ1) is 9.74. The van der Waals surface area contributed by atoms with Crippen molar-refractivity contribution in [1.29, 1.82) is 0 Å². The lowest BCUT2D eigenvalue weighted by atomic mass is 10.0. The highest BCUT2D eigenvalue weighted by atomic mass is 16.5. The first-order valence-corrected chi connectivity index (χ1v) is 7.25. The monoisotopic (exact) mass is 273 g/mol. The molecule has 2 aromatic carbocycles. The second kappa shape index (κ2) is 7.27. The van der Waals surface area contributed by atoms with E-state index in [2.05, 4.69) is 24.3 Å². The Morgan fingerprint density at radius 1 is 1.10 bits per heavy atom. The number of unbranched alkanes of at least 4 members (excludes halogenated alkanes) is 2. The zero-order valence-corrected chi connectivity index (χ0v) is 12.0. The molecule has 0 aliphatic heterocycles. The van der Waals surface area contributed by atoms with E-state index in [1.54, 1.807) is 0 Å². The molecule has 3 nitrogen and oxygen atoms in total. The number of rotatable bonds is 7. The smallest absolute Gasteiger partial charge is 0.131 e. The molecule has 0 fully saturated rings. The van der Waals surface area contributed by atoms with Gasteiger partial charge in [0.15, 0.2) is 0 Å². The van der Waals surface area contributed by atoms with Crippen molar-refractivity contribution in [2.24, 2.45) is 5.73 Å². The van der Waals surface area contributed by atoms with Crippen LogP contribution in [0.15, 0.2) is 36.4 Å². The van der Waals surface area contributed by atoms with Crippen LogP contribution in [0.4, 0.5) is 0 Å². The molecule has 0 aliphatic carbocycles. The van der Waals surface area contributed by atoms with Crippen LogP contribution in [0.2, 0.25) is 0 Å². The topological polar surface area (TPSA) is 55.5 Å². The highest BCUT2D eigenvalue weighted by molar-refractivity contribution is 5.89. The molecule has 0 amide bonds. The van der Waals surface area contributed by atoms with Crippen molar-refractivity contribution in [3.63, 3.8) is 0 Å². The van der Waals surface area contributed by atoms with Gasteiger partial charge in [-0.05, 0) is 31.6 Å². The molecule has 0 heterocycles. The summed E-state index contributed by atoms with van der Waals surface area (Å²) in [5, 5.41) is 11.1. The number of benzene rings is 2. The average Bonchev–Trinajstić information content (AvgIpc) is 2.46. The maximum atomic E-state index is 8.78. The van der Waals surface area contributed by atoms with Crippen molar-refractivity contribution in [1.82, 2.24) is 0 Å². The number of ether oxygens (including phenoxy) is 1. The van der Waals surface area contributed by atoms with Crippen LogP contribution in [0, 0.1) is 0 Å². The third-order valence-corrected chi connectivity index (χ3v) is 3.45. The second-order valence-electron chi connectivity index (χ2n) is 5.13. The first kappa shape index (κ1) is 14.8. The summed E-state index contributed by atoms with van der Waals surface area (Å²) in [6.45, 7) is 2.88. The standard InChI is InChI=1S/C17H23NO2/c1-13(18)15-10-9-14-7-3-4-8-16(14)17(15)20-12-6-2-5-11-19/h3-4,7-10,13,19H,2,5-6,11-12,18H2,1H3/t13-/m0/s1. The summed E-state index contributed by atoms with van der Waals surface area (Å²) in [7, 11) is 0. The van der Waals surface area contributed by atoms with Gasteiger partial charge in [-0.15, -0.1) is 0 Å². The van der Waals surface area contributed by atoms with Crippen molar-refractivity contribution in [2.75, 3.05) is 13.2 Å². The van der Waals surface area contributed by atoms with Crippen LogP contribution < -0.4 is 10.5 Å². The van der Waals surface area contributed by atoms with Crippen LogP contribution in [-0.2, 0) is 0 Å². The number of hydrogen-bond acceptors (Lipinski definition) is 3. The fourth-order valence-electron chi connectivity index (χ4n) is 2.34. The molecule has 0 radical (unpaired) electrons. The quantitative estimate of drug-likeness (QED) is 0.760. The van der Waals surface area contributed by atoms with Gasteiger partial charge in [-0.25, -0.2) is 0 Å². The molecular formula is C17H23NO2. The maximum Gasteiger partial charge on any atom is 0.131 e. The van der Waals surface area contributed by atoms with Crippen LogP contribution in [-0.4, -0.2) is 18.3 Å². The summed E-state index contributed by atoms with van der Waals surface area (Å²) >= 11 is 0. The lowest BCUT2D eigenvalue weighted by molar-refractivity contribution is 0.266. The largest absolute Gasteiger partial charge is 0.493 e. The van der Waals surface area contributed by atoms with Gasteiger partial charge in [-0.2, -0.15) is 0 Å². The van der Waals surface area contributed by atoms with Gasteiger partial charge in [0.25, 0.3) is 0 Å². The van der Waals surface area contributed by atoms with Crippen LogP contribution in [0.5, 0.6) is 5.75 Å². The molecule has 108 valence electrons. The van der Waals surface area contributed by atoms with E-state index in [9.17, 15) is 0 Å². The molecule has 0 saturated carbocycles. The van der Waals surface area contributed by atoms with Crippen LogP contribution in [0.1, 0.15) is 37.8 Å². The summed E-state index contributed by atoms with van der Waals surface area (Å²) in [5.41, 5.74) is 7.09. The molecule has 0 bridgehead atoms. The Kier molecular flexibility index (Phi) is 5.39. The van der Waals surface area contributed by atoms with Crippen molar-refractivity contribution in [3.8, 4) is 5.75 Å². The Hall–Kier alpha value is -1.58. The first-order valence-electron chi connectivity index (χ1n) is 7.25. The normalized spacial score (nSPS) is 12.6. The van der Waals surface area contributed by atoms with Crippen molar-refractivity contribution >= 4 is 10.8 Å². The van der Waals surface area contributed by atoms with Gasteiger partial charge in [0.05, 0.1) is 6.61 Å². The van der Waals surface area contributed by atoms with Crippen LogP contribution >= 0.6 is 0 Å². The van der Waals surface area contributed by atoms with Crippen molar-refractivity contribution < 1.29 is 9.84 Å². The lowest BCUT2D eigenvalue weighted by Crippen LogP contribution is -2.09. The summed E-state index contributed by atoms with van der Waals surface area (Å²) in [6.07, 6.45) is 2.76. The van der Waals surface area contributed by atoms with Crippen LogP contribution in [0.3, 0.4) is 0 Å². The lowest BCUT2D eigenvalue weighted by Gasteiger charge is -2.16. The van der Waals surface area contributed by atoms with Gasteiger partial charge in [-0.1, -0.05) is 36.4 Å². The predicted octanol–water partition coefficient (Wildman–Crippen LogP) is 3.40. The fourth-order valence-corrected chi connectivity index (χ4v) is 2.34. The Bertz CT molecular complexity index is 552. The van der Waals surface area contributed by atoms with E-state index in [4.69, 9.17) is 15.6 Å². The Balaban J connectivity index is 2.21. The maximum absolute atomic E-state index is 8.78. The van der Waals surface area contributed by atoms with E-state index < -0.39 is 0 Å². The molecule has 2 rings (SSSR count). The molecule has 0 aliphatic rings. The van der Waals surface area contributed by atoms with E-state index in [-0.39, 0.29) is 12.6 Å². The number of aliphatic hydroxyl groups excluding tert-OH is 1. The van der Waals surface area contributed by atoms with Gasteiger partial charge in [0.2, 0.25) is 0 Å². The average molecular weight is 273 g/mol. The summed E-state index contributed by atoms with van der Waals surface area (Å²) in [4.78, 5) is 0. The highest BCUT2D eigenvalue weighted by Gasteiger charge is 2.11. The third-order valence-electron chi connectivity index (χ3n) is 3.45. The molecule has 0 unspecified atom stereocenters. The van der Waals surface area contributed by atoms with Crippen LogP contribution in [0.25, 0.3) is 10.8 Å². The van der Waals surface area contributed by atoms with Gasteiger partial charge in [0, 0.05) is 23.6 Å². The number of hydrogen-bond donors (Lipinski definition) is 2. The second-order valence-corrected chi connectivity index (χ2v) is 5.13. The number of nitrogens with two attached hydrogens (primary N) is 1. The minimum atomic E-state index is -0.0490. The summed E-state index contributed by atoms with van der Waals surface area (Å²) < 4.78 is 6.00. The third kappa shape index (κ3) is 3.50. The van der Waals surface area contributed by atoms with Crippen molar-refractivity contribution in [3.05, 3.63) is 42.0 Å². The number of aliphatic hydroxyl groups is 1. The van der Waals surface area contributed by atoms with Crippen molar-refractivity contribution in [2.45, 2.75) is 32.2 Å². The summed E-state index contributed by atoms with van der Waals surface area (Å²) in [6, 6.07) is 12.3. The van der Waals surface area contributed by atoms with Gasteiger partial charge in [-0.3, -0.25) is 0 Å². The zero-order valence-electron chi connectivity index (χ0n) is 12.0. The molecule has 1 atom stereocenters. The minimum absolute atomic E-state index is 0.0490. The minimum Gasteiger partial charge on any atom is -0.493 e. The molecule has 2 aromatic rings. The Morgan fingerprint density at radius 2 is 1.90 bits per heavy atom. The Morgan fingerprint density at radius 3 is 2.65 bits per heavy atom. The van der Waals surface area contributed by atoms with E-state index >= 15 is 0 Å². The van der Waals surface area contributed by atoms with E-state index in [0.29, 0.717) is 6.61 Å². The van der Waals surface area contributed by atoms with Gasteiger partial charge in [0.1, 0.15) is 5.75 Å². The molecule has 3 heteroatoms. The van der Waals surface area contributed by atoms with E-state index in [0.717, 1.165) is 36.0 Å². The zero-order chi connectivity index (χ0) is 14.4. The Labute approximate surface area is 120 Å². The van der Waals surface area contributed by atoms with Gasteiger partial charge >= 0.3 is 0 Å². The highest BCUT2D eigenvalue weighted by Crippen LogP contribution is 2.33. The molecule has 0 saturated heterocycles. The number of fused-ring (bicyclic) bond motifs is 1. The molecular weight excluding hydrogens is 250 g/mol. The molecule has 20 heavy (non-hydrogen) atoms. The van der Waals surface area contributed by atoms with E-state index in [1.807, 2.05) is 19.1 Å². The molecule has 0 aromatic heterocycles. The molecule has 0 spiro atoms. The van der Waals surface area contributed by atoms with E-state index in [1.165, 1.54) is 5.39 Å².